The third kappa shape index (κ3) is 4.32. The van der Waals surface area contributed by atoms with Gasteiger partial charge in [-0.1, -0.05) is 5.16 Å². The molecule has 0 saturated carbocycles. The number of hydrogen-bond acceptors (Lipinski definition) is 10. The van der Waals surface area contributed by atoms with Crippen LogP contribution in [0.4, 0.5) is 0 Å². The van der Waals surface area contributed by atoms with Crippen molar-refractivity contribution in [2.24, 2.45) is 16.0 Å². The van der Waals surface area contributed by atoms with Gasteiger partial charge in [-0.2, -0.15) is 5.10 Å². The van der Waals surface area contributed by atoms with Crippen LogP contribution in [0.1, 0.15) is 24.5 Å². The van der Waals surface area contributed by atoms with E-state index in [0.717, 1.165) is 0 Å². The minimum absolute atomic E-state index is 0.00805. The molecule has 0 fully saturated rings. The second kappa shape index (κ2) is 9.48. The molecule has 1 aromatic rings. The van der Waals surface area contributed by atoms with Crippen LogP contribution in [0.15, 0.2) is 10.3 Å². The van der Waals surface area contributed by atoms with E-state index in [-0.39, 0.29) is 30.6 Å². The molecule has 162 valence electrons. The molecule has 2 aliphatic heterocycles. The van der Waals surface area contributed by atoms with E-state index in [1.807, 2.05) is 0 Å². The Morgan fingerprint density at radius 2 is 2.07 bits per heavy atom. The van der Waals surface area contributed by atoms with Gasteiger partial charge in [-0.15, -0.1) is 0 Å². The number of nitrogens with two attached hydrogens (primary N) is 1. The predicted molar refractivity (Wildman–Crippen MR) is 110 cm³/mol. The maximum atomic E-state index is 11.9. The summed E-state index contributed by atoms with van der Waals surface area (Å²) in [5.74, 6) is 1.12. The molecule has 12 heteroatoms. The Labute approximate surface area is 178 Å². The molecule has 2 heterocycles. The molecule has 0 aliphatic carbocycles. The molecule has 0 bridgehead atoms. The first kappa shape index (κ1) is 21.4. The Morgan fingerprint density at radius 1 is 1.33 bits per heavy atom. The van der Waals surface area contributed by atoms with Crippen LogP contribution >= 0.6 is 12.2 Å². The number of carbonyl (C=O) groups excluding carboxylic acids is 1. The third-order valence-corrected chi connectivity index (χ3v) is 4.41. The number of ether oxygens (including phenoxy) is 5. The van der Waals surface area contributed by atoms with Crippen LogP contribution in [0.25, 0.3) is 0 Å². The number of hydrogen-bond donors (Lipinski definition) is 2. The zero-order valence-electron chi connectivity index (χ0n) is 16.7. The monoisotopic (exact) mass is 438 g/mol. The van der Waals surface area contributed by atoms with Gasteiger partial charge >= 0.3 is 5.97 Å². The molecule has 30 heavy (non-hydrogen) atoms. The molecule has 0 saturated heterocycles. The van der Waals surface area contributed by atoms with Crippen LogP contribution in [0.5, 0.6) is 23.0 Å². The van der Waals surface area contributed by atoms with Crippen molar-refractivity contribution >= 4 is 35.2 Å². The van der Waals surface area contributed by atoms with E-state index >= 15 is 0 Å². The molecular weight excluding hydrogens is 416 g/mol. The largest absolute Gasteiger partial charge is 0.492 e. The van der Waals surface area contributed by atoms with Gasteiger partial charge in [0.2, 0.25) is 18.3 Å². The van der Waals surface area contributed by atoms with Crippen LogP contribution in [0.2, 0.25) is 0 Å². The first-order valence-corrected chi connectivity index (χ1v) is 9.45. The fourth-order valence-electron chi connectivity index (χ4n) is 3.15. The summed E-state index contributed by atoms with van der Waals surface area (Å²) in [7, 11) is 3.01. The number of benzene rings is 1. The second-order valence-corrected chi connectivity index (χ2v) is 6.59. The summed E-state index contributed by atoms with van der Waals surface area (Å²) in [4.78, 5) is 17.4. The summed E-state index contributed by atoms with van der Waals surface area (Å²) in [6.07, 6.45) is 1.66. The molecule has 1 atom stereocenters. The van der Waals surface area contributed by atoms with Crippen LogP contribution in [-0.4, -0.2) is 56.7 Å². The van der Waals surface area contributed by atoms with Crippen LogP contribution in [0.3, 0.4) is 0 Å². The maximum absolute atomic E-state index is 11.9. The minimum Gasteiger partial charge on any atom is -0.492 e. The van der Waals surface area contributed by atoms with Crippen molar-refractivity contribution in [3.8, 4) is 23.0 Å². The molecule has 11 nitrogen and oxygen atoms in total. The van der Waals surface area contributed by atoms with Crippen LogP contribution in [-0.2, 0) is 20.8 Å². The molecule has 0 spiro atoms. The van der Waals surface area contributed by atoms with Gasteiger partial charge < -0.3 is 34.3 Å². The average molecular weight is 438 g/mol. The molecule has 0 amide bonds. The predicted octanol–water partition coefficient (Wildman–Crippen LogP) is 0.850. The van der Waals surface area contributed by atoms with Crippen molar-refractivity contribution in [2.45, 2.75) is 25.9 Å². The summed E-state index contributed by atoms with van der Waals surface area (Å²) in [5.41, 5.74) is 9.39. The maximum Gasteiger partial charge on any atom is 0.356 e. The smallest absolute Gasteiger partial charge is 0.356 e. The number of esters is 1. The lowest BCUT2D eigenvalue weighted by atomic mass is 9.96. The molecule has 3 N–H and O–H groups in total. The number of nitrogens with zero attached hydrogens (tertiary/aromatic N) is 2. The van der Waals surface area contributed by atoms with Gasteiger partial charge in [0.05, 0.1) is 27.0 Å². The molecule has 0 aromatic heterocycles. The van der Waals surface area contributed by atoms with E-state index in [1.165, 1.54) is 20.4 Å². The van der Waals surface area contributed by atoms with E-state index in [9.17, 15) is 4.79 Å². The highest BCUT2D eigenvalue weighted by molar-refractivity contribution is 7.80. The number of rotatable bonds is 8. The highest BCUT2D eigenvalue weighted by atomic mass is 32.1. The zero-order chi connectivity index (χ0) is 21.7. The second-order valence-electron chi connectivity index (χ2n) is 6.15. The normalized spacial score (nSPS) is 16.8. The summed E-state index contributed by atoms with van der Waals surface area (Å²) in [6, 6.07) is 0. The third-order valence-electron chi connectivity index (χ3n) is 4.32. The first-order chi connectivity index (χ1) is 14.5. The summed E-state index contributed by atoms with van der Waals surface area (Å²) in [6.45, 7) is 1.99. The Morgan fingerprint density at radius 3 is 2.73 bits per heavy atom. The van der Waals surface area contributed by atoms with Gasteiger partial charge in [0.25, 0.3) is 0 Å². The average Bonchev–Trinajstić information content (AvgIpc) is 3.38. The van der Waals surface area contributed by atoms with E-state index in [1.54, 1.807) is 6.92 Å². The highest BCUT2D eigenvalue weighted by Gasteiger charge is 2.34. The van der Waals surface area contributed by atoms with E-state index in [0.29, 0.717) is 40.5 Å². The summed E-state index contributed by atoms with van der Waals surface area (Å²) < 4.78 is 27.3. The Hall–Kier alpha value is -3.28. The van der Waals surface area contributed by atoms with Crippen molar-refractivity contribution in [3.05, 3.63) is 11.1 Å². The lowest BCUT2D eigenvalue weighted by Gasteiger charge is -2.19. The number of thiocarbonyl (C=S) groups is 1. The number of nitrogens with one attached hydrogen (secondary N) is 1. The van der Waals surface area contributed by atoms with Crippen molar-refractivity contribution in [2.75, 3.05) is 27.6 Å². The molecule has 2 aliphatic rings. The summed E-state index contributed by atoms with van der Waals surface area (Å²) in [5, 5.41) is 7.90. The van der Waals surface area contributed by atoms with E-state index < -0.39 is 12.1 Å². The number of fused-ring (bicyclic) bond motifs is 1. The van der Waals surface area contributed by atoms with Gasteiger partial charge in [-0.3, -0.25) is 5.43 Å². The Balaban J connectivity index is 1.97. The molecular formula is C18H22N4O7S. The topological polar surface area (TPSA) is 135 Å². The van der Waals surface area contributed by atoms with E-state index in [4.69, 9.17) is 46.5 Å². The van der Waals surface area contributed by atoms with Gasteiger partial charge in [-0.05, 0) is 19.1 Å². The SMILES string of the molecule is CCOC(=O)C1=NOC(Cc2c(/C=N/NC(N)=S)c3c(c(OC)c2OC)OCO3)C1. The van der Waals surface area contributed by atoms with Crippen molar-refractivity contribution < 1.29 is 33.3 Å². The van der Waals surface area contributed by atoms with Gasteiger partial charge in [-0.25, -0.2) is 4.79 Å². The lowest BCUT2D eigenvalue weighted by molar-refractivity contribution is -0.135. The lowest BCUT2D eigenvalue weighted by Crippen LogP contribution is -2.24. The Kier molecular flexibility index (Phi) is 6.77. The highest BCUT2D eigenvalue weighted by Crippen LogP contribution is 2.51. The fourth-order valence-corrected chi connectivity index (χ4v) is 3.20. The van der Waals surface area contributed by atoms with Crippen molar-refractivity contribution in [1.82, 2.24) is 5.43 Å². The summed E-state index contributed by atoms with van der Waals surface area (Å²) >= 11 is 4.78. The minimum atomic E-state index is -0.502. The fraction of sp³-hybridized carbons (Fsp3) is 0.444. The zero-order valence-corrected chi connectivity index (χ0v) is 17.5. The van der Waals surface area contributed by atoms with Crippen LogP contribution in [0, 0.1) is 0 Å². The number of hydrazone groups is 1. The van der Waals surface area contributed by atoms with Gasteiger partial charge in [0.1, 0.15) is 6.10 Å². The van der Waals surface area contributed by atoms with E-state index in [2.05, 4.69) is 15.7 Å². The quantitative estimate of drug-likeness (QED) is 0.260. The first-order valence-electron chi connectivity index (χ1n) is 9.04. The van der Waals surface area contributed by atoms with Crippen LogP contribution < -0.4 is 30.1 Å². The number of carbonyl (C=O) groups is 1. The van der Waals surface area contributed by atoms with Crippen molar-refractivity contribution in [3.63, 3.8) is 0 Å². The number of oxime groups is 1. The van der Waals surface area contributed by atoms with Gasteiger partial charge in [0.15, 0.2) is 22.3 Å². The molecule has 3 rings (SSSR count). The standard InChI is InChI=1S/C18H22N4O7S/c1-4-26-17(23)12-6-9(29-22-12)5-10-11(7-20-21-18(19)30)14-16(28-8-27-14)15(25-3)13(10)24-2/h7,9H,4-6,8H2,1-3H3,(H3,19,21,30)/b20-7+. The number of methoxy groups -OCH3 is 2. The molecule has 1 aromatic carbocycles. The molecule has 1 unspecified atom stereocenters. The molecule has 0 radical (unpaired) electrons. The Bertz CT molecular complexity index is 903. The van der Waals surface area contributed by atoms with Gasteiger partial charge in [0, 0.05) is 24.0 Å². The van der Waals surface area contributed by atoms with Crippen molar-refractivity contribution in [1.29, 1.82) is 0 Å².